The highest BCUT2D eigenvalue weighted by Crippen LogP contribution is 2.89. The second-order valence-corrected chi connectivity index (χ2v) is 18.8. The smallest absolute Gasteiger partial charge is 0.303 e. The largest absolute Gasteiger partial charge is 0.457 e. The number of esters is 1. The fraction of sp³-hybridized carbons (Fsp3) is 0.894. The molecule has 9 nitrogen and oxygen atoms in total. The van der Waals surface area contributed by atoms with Crippen LogP contribution in [0, 0.1) is 76.9 Å². The van der Waals surface area contributed by atoms with Crippen LogP contribution in [-0.2, 0) is 28.5 Å². The molecule has 324 valence electrons. The molecule has 0 amide bonds. The lowest BCUT2D eigenvalue weighted by atomic mass is 9.46. The van der Waals surface area contributed by atoms with Gasteiger partial charge < -0.3 is 33.9 Å². The number of terminal acetylenes is 2. The molecular formula is C47H83NO8. The van der Waals surface area contributed by atoms with Crippen molar-refractivity contribution in [1.82, 2.24) is 4.90 Å². The fourth-order valence-electron chi connectivity index (χ4n) is 13.7. The molecule has 7 aliphatic rings. The Hall–Kier alpha value is -1.69. The molecule has 2 aliphatic heterocycles. The fourth-order valence-corrected chi connectivity index (χ4v) is 13.7. The van der Waals surface area contributed by atoms with E-state index in [9.17, 15) is 9.90 Å². The summed E-state index contributed by atoms with van der Waals surface area (Å²) in [7, 11) is 2.77. The normalized spacial score (nSPS) is 40.5. The van der Waals surface area contributed by atoms with E-state index in [0.717, 1.165) is 77.5 Å². The van der Waals surface area contributed by atoms with Crippen LogP contribution in [0.3, 0.4) is 0 Å². The van der Waals surface area contributed by atoms with Crippen LogP contribution in [-0.4, -0.2) is 104 Å². The Morgan fingerprint density at radius 1 is 0.946 bits per heavy atom. The number of ether oxygens (including phenoxy) is 5. The summed E-state index contributed by atoms with van der Waals surface area (Å²) in [5.41, 5.74) is 0.148. The van der Waals surface area contributed by atoms with Gasteiger partial charge in [-0.15, -0.1) is 25.7 Å². The van der Waals surface area contributed by atoms with Gasteiger partial charge in [-0.05, 0) is 123 Å². The standard InChI is InChI=1S/C38H63NO7.C3H8.2C2H2.CH4O.CH4/c1-23-37-16-15-36(7)26-9-11-28(33(35(5,6)41)44-24(2)40)45-29(26)21-27(36)25(37)10-12-30-34(3,4)31(13-14-38(23,30)37)46-32-22-39(17-19-42-8)18-20-43-32;1-3-2;3*1-2;/h23,25-33,41H,9-22H2,1-8H3;3H2,1-2H3;2*1-2H;2H,1H3;1H4/t23-,25-,26?,27?,28+,29?,30?,31-,32?,33-,36+,37-,38?;;;;;/m0...../s1. The van der Waals surface area contributed by atoms with E-state index < -0.39 is 11.7 Å². The minimum absolute atomic E-state index is 0. The van der Waals surface area contributed by atoms with Gasteiger partial charge in [0.05, 0.1) is 37.1 Å². The number of fused-ring (bicyclic) bond motifs is 4. The van der Waals surface area contributed by atoms with Crippen molar-refractivity contribution in [3.8, 4) is 25.7 Å². The third-order valence-electron chi connectivity index (χ3n) is 15.6. The number of aliphatic hydroxyl groups is 2. The molecule has 0 bridgehead atoms. The van der Waals surface area contributed by atoms with Gasteiger partial charge in [0.2, 0.25) is 0 Å². The molecule has 0 radical (unpaired) electrons. The molecule has 2 spiro atoms. The predicted octanol–water partition coefficient (Wildman–Crippen LogP) is 7.99. The van der Waals surface area contributed by atoms with Crippen molar-refractivity contribution in [3.63, 3.8) is 0 Å². The SMILES string of the molecule is C.C#C.C#C.CCC.CO.COCCN1CCOC(O[C@H]2CCC34C(CC[C@H]5C6CC7O[C@@H]([C@H](OC(C)=O)C(C)(C)O)CCC7[C@@]6(C)CC[C@]53[C@@H]4C)C2(C)C)C1. The molecular weight excluding hydrogens is 707 g/mol. The number of hydrogen-bond donors (Lipinski definition) is 2. The number of nitrogens with zero attached hydrogens (tertiary/aromatic N) is 1. The topological polar surface area (TPSA) is 107 Å². The number of morpholine rings is 1. The highest BCUT2D eigenvalue weighted by molar-refractivity contribution is 5.66. The number of carbonyl (C=O) groups excluding carboxylic acids is 1. The molecule has 0 aromatic heterocycles. The molecule has 2 heterocycles. The van der Waals surface area contributed by atoms with Crippen molar-refractivity contribution in [1.29, 1.82) is 0 Å². The average molecular weight is 790 g/mol. The van der Waals surface area contributed by atoms with Crippen molar-refractivity contribution < 1.29 is 38.7 Å². The van der Waals surface area contributed by atoms with Gasteiger partial charge in [-0.3, -0.25) is 9.69 Å². The maximum atomic E-state index is 12.0. The van der Waals surface area contributed by atoms with E-state index in [1.165, 1.54) is 45.4 Å². The first-order chi connectivity index (χ1) is 26.1. The summed E-state index contributed by atoms with van der Waals surface area (Å²) in [4.78, 5) is 14.4. The lowest BCUT2D eigenvalue weighted by Crippen LogP contribution is -2.56. The van der Waals surface area contributed by atoms with Gasteiger partial charge in [-0.1, -0.05) is 55.4 Å². The van der Waals surface area contributed by atoms with Crippen LogP contribution in [0.25, 0.3) is 0 Å². The number of rotatable bonds is 8. The molecule has 2 saturated heterocycles. The Bertz CT molecular complexity index is 1260. The van der Waals surface area contributed by atoms with E-state index in [0.29, 0.717) is 34.0 Å². The Kier molecular flexibility index (Phi) is 18.5. The van der Waals surface area contributed by atoms with Crippen molar-refractivity contribution in [2.45, 2.75) is 170 Å². The first-order valence-electron chi connectivity index (χ1n) is 21.3. The van der Waals surface area contributed by atoms with E-state index >= 15 is 0 Å². The minimum atomic E-state index is -1.14. The Balaban J connectivity index is 0.00000101. The summed E-state index contributed by atoms with van der Waals surface area (Å²) in [5, 5.41) is 17.9. The van der Waals surface area contributed by atoms with Gasteiger partial charge in [-0.2, -0.15) is 0 Å². The Labute approximate surface area is 343 Å². The number of aliphatic hydroxyl groups excluding tert-OH is 1. The summed E-state index contributed by atoms with van der Waals surface area (Å²) in [6.45, 7) is 23.6. The first-order valence-corrected chi connectivity index (χ1v) is 21.3. The molecule has 56 heavy (non-hydrogen) atoms. The highest BCUT2D eigenvalue weighted by atomic mass is 16.7. The zero-order valence-electron chi connectivity index (χ0n) is 36.5. The van der Waals surface area contributed by atoms with E-state index in [-0.39, 0.29) is 43.4 Å². The molecule has 9 heteroatoms. The summed E-state index contributed by atoms with van der Waals surface area (Å²) in [6, 6.07) is 0. The highest BCUT2D eigenvalue weighted by Gasteiger charge is 2.84. The lowest BCUT2D eigenvalue weighted by Gasteiger charge is -2.60. The summed E-state index contributed by atoms with van der Waals surface area (Å²) in [6.07, 6.45) is 27.4. The van der Waals surface area contributed by atoms with Crippen LogP contribution in [0.4, 0.5) is 0 Å². The molecule has 0 aromatic rings. The van der Waals surface area contributed by atoms with Crippen molar-refractivity contribution >= 4 is 5.97 Å². The maximum Gasteiger partial charge on any atom is 0.303 e. The third-order valence-corrected chi connectivity index (χ3v) is 15.6. The van der Waals surface area contributed by atoms with Gasteiger partial charge in [0.25, 0.3) is 0 Å². The Morgan fingerprint density at radius 2 is 1.57 bits per heavy atom. The van der Waals surface area contributed by atoms with Crippen molar-refractivity contribution in [3.05, 3.63) is 0 Å². The summed E-state index contributed by atoms with van der Waals surface area (Å²) >= 11 is 0. The molecule has 5 saturated carbocycles. The van der Waals surface area contributed by atoms with Gasteiger partial charge >= 0.3 is 5.97 Å². The Morgan fingerprint density at radius 3 is 2.16 bits per heavy atom. The van der Waals surface area contributed by atoms with Crippen molar-refractivity contribution in [2.75, 3.05) is 47.1 Å². The average Bonchev–Trinajstić information content (AvgIpc) is 3.54. The van der Waals surface area contributed by atoms with Crippen molar-refractivity contribution in [2.24, 2.45) is 51.2 Å². The number of methoxy groups -OCH3 is 1. The van der Waals surface area contributed by atoms with E-state index in [1.54, 1.807) is 21.0 Å². The van der Waals surface area contributed by atoms with Gasteiger partial charge in [0, 0.05) is 40.8 Å². The van der Waals surface area contributed by atoms with Crippen LogP contribution in [0.1, 0.15) is 134 Å². The van der Waals surface area contributed by atoms with E-state index in [4.69, 9.17) is 28.8 Å². The zero-order chi connectivity index (χ0) is 41.6. The van der Waals surface area contributed by atoms with Gasteiger partial charge in [-0.25, -0.2) is 0 Å². The molecule has 7 fully saturated rings. The quantitative estimate of drug-likeness (QED) is 0.187. The van der Waals surface area contributed by atoms with Crippen LogP contribution in [0.5, 0.6) is 0 Å². The van der Waals surface area contributed by atoms with Crippen LogP contribution in [0.2, 0.25) is 0 Å². The van der Waals surface area contributed by atoms with E-state index in [2.05, 4.69) is 72.1 Å². The molecule has 7 rings (SSSR count). The van der Waals surface area contributed by atoms with Crippen LogP contribution >= 0.6 is 0 Å². The molecule has 0 aromatic carbocycles. The minimum Gasteiger partial charge on any atom is -0.457 e. The molecule has 2 N–H and O–H groups in total. The van der Waals surface area contributed by atoms with Crippen LogP contribution < -0.4 is 0 Å². The number of carbonyl (C=O) groups is 1. The van der Waals surface area contributed by atoms with Gasteiger partial charge in [0.15, 0.2) is 12.4 Å². The number of hydrogen-bond acceptors (Lipinski definition) is 9. The zero-order valence-corrected chi connectivity index (χ0v) is 36.5. The predicted molar refractivity (Wildman–Crippen MR) is 225 cm³/mol. The summed E-state index contributed by atoms with van der Waals surface area (Å²) in [5.74, 6) is 3.08. The second kappa shape index (κ2) is 20.5. The lowest BCUT2D eigenvalue weighted by molar-refractivity contribution is -0.245. The first kappa shape index (κ1) is 50.5. The molecule has 13 atom stereocenters. The second-order valence-electron chi connectivity index (χ2n) is 18.8. The monoisotopic (exact) mass is 790 g/mol. The third kappa shape index (κ3) is 8.91. The molecule has 6 unspecified atom stereocenters. The van der Waals surface area contributed by atoms with E-state index in [1.807, 2.05) is 0 Å². The molecule has 5 aliphatic carbocycles. The summed E-state index contributed by atoms with van der Waals surface area (Å²) < 4.78 is 31.0. The van der Waals surface area contributed by atoms with Gasteiger partial charge in [0.1, 0.15) is 0 Å². The van der Waals surface area contributed by atoms with Crippen LogP contribution in [0.15, 0.2) is 0 Å². The maximum absolute atomic E-state index is 12.0.